The summed E-state index contributed by atoms with van der Waals surface area (Å²) in [4.78, 5) is 41.1. The van der Waals surface area contributed by atoms with Gasteiger partial charge < -0.3 is 4.74 Å². The minimum atomic E-state index is -0.576. The summed E-state index contributed by atoms with van der Waals surface area (Å²) in [6.07, 6.45) is 0.560. The Balaban J connectivity index is 1.57. The maximum Gasteiger partial charge on any atom is 0.410 e. The summed E-state index contributed by atoms with van der Waals surface area (Å²) in [5.41, 5.74) is 0.312. The van der Waals surface area contributed by atoms with Gasteiger partial charge in [-0.15, -0.1) is 0 Å². The molecular weight excluding hydrogens is 332 g/mol. The Morgan fingerprint density at radius 1 is 1.15 bits per heavy atom. The van der Waals surface area contributed by atoms with E-state index in [1.165, 1.54) is 4.90 Å². The summed E-state index contributed by atoms with van der Waals surface area (Å²) in [6.45, 7) is 7.88. The standard InChI is InChI=1S/C20H24N2O4/c1-11-14-9-15(11)22(19(25)26-20(2,3)4)16(14)10-21-17(23)12-7-5-6-8-13(12)18(21)24/h5-8,11,14-16H,9-10H2,1-4H3/t11-,14?,15?,16+/m0/s1. The molecule has 1 aliphatic carbocycles. The molecule has 1 aromatic carbocycles. The molecule has 4 aliphatic rings. The molecule has 6 heteroatoms. The van der Waals surface area contributed by atoms with Crippen molar-refractivity contribution in [3.05, 3.63) is 35.4 Å². The monoisotopic (exact) mass is 356 g/mol. The van der Waals surface area contributed by atoms with E-state index in [1.54, 1.807) is 29.2 Å². The smallest absolute Gasteiger partial charge is 0.410 e. The molecule has 0 spiro atoms. The van der Waals surface area contributed by atoms with E-state index >= 15 is 0 Å². The third kappa shape index (κ3) is 2.42. The fourth-order valence-electron chi connectivity index (χ4n) is 4.53. The van der Waals surface area contributed by atoms with E-state index in [-0.39, 0.29) is 36.5 Å². The molecule has 2 bridgehead atoms. The minimum absolute atomic E-state index is 0.134. The summed E-state index contributed by atoms with van der Waals surface area (Å²) >= 11 is 0. The second-order valence-electron chi connectivity index (χ2n) is 8.55. The van der Waals surface area contributed by atoms with Gasteiger partial charge in [0.2, 0.25) is 0 Å². The van der Waals surface area contributed by atoms with Gasteiger partial charge in [0.1, 0.15) is 5.60 Å². The van der Waals surface area contributed by atoms with E-state index in [4.69, 9.17) is 4.74 Å². The van der Waals surface area contributed by atoms with Gasteiger partial charge in [-0.3, -0.25) is 19.4 Å². The third-order valence-corrected chi connectivity index (χ3v) is 5.86. The molecule has 4 atom stereocenters. The molecule has 1 aromatic rings. The third-order valence-electron chi connectivity index (χ3n) is 5.86. The van der Waals surface area contributed by atoms with Crippen LogP contribution < -0.4 is 0 Å². The van der Waals surface area contributed by atoms with Gasteiger partial charge >= 0.3 is 6.09 Å². The van der Waals surface area contributed by atoms with E-state index in [0.717, 1.165) is 6.42 Å². The average molecular weight is 356 g/mol. The summed E-state index contributed by atoms with van der Waals surface area (Å²) in [5, 5.41) is 0. The average Bonchev–Trinajstić information content (AvgIpc) is 3.16. The molecule has 6 nitrogen and oxygen atoms in total. The predicted octanol–water partition coefficient (Wildman–Crippen LogP) is 2.93. The van der Waals surface area contributed by atoms with Crippen LogP contribution in [0.4, 0.5) is 4.79 Å². The van der Waals surface area contributed by atoms with Crippen LogP contribution in [-0.2, 0) is 4.74 Å². The zero-order valence-corrected chi connectivity index (χ0v) is 15.6. The zero-order chi connectivity index (χ0) is 18.8. The summed E-state index contributed by atoms with van der Waals surface area (Å²) in [6, 6.07) is 6.84. The number of imide groups is 1. The summed E-state index contributed by atoms with van der Waals surface area (Å²) in [7, 11) is 0. The Morgan fingerprint density at radius 3 is 2.23 bits per heavy atom. The number of fused-ring (bicyclic) bond motifs is 2. The molecule has 26 heavy (non-hydrogen) atoms. The first-order valence-electron chi connectivity index (χ1n) is 9.15. The molecule has 3 aliphatic heterocycles. The van der Waals surface area contributed by atoms with Crippen molar-refractivity contribution in [2.24, 2.45) is 11.8 Å². The largest absolute Gasteiger partial charge is 0.444 e. The van der Waals surface area contributed by atoms with E-state index in [2.05, 4.69) is 6.92 Å². The Labute approximate surface area is 153 Å². The molecule has 0 N–H and O–H groups in total. The van der Waals surface area contributed by atoms with E-state index in [9.17, 15) is 14.4 Å². The predicted molar refractivity (Wildman–Crippen MR) is 94.7 cm³/mol. The van der Waals surface area contributed by atoms with Crippen molar-refractivity contribution in [3.8, 4) is 0 Å². The normalized spacial score (nSPS) is 29.7. The minimum Gasteiger partial charge on any atom is -0.444 e. The topological polar surface area (TPSA) is 66.9 Å². The number of amides is 3. The molecule has 3 fully saturated rings. The van der Waals surface area contributed by atoms with Crippen molar-refractivity contribution in [2.45, 2.75) is 51.8 Å². The van der Waals surface area contributed by atoms with Crippen LogP contribution in [0.3, 0.4) is 0 Å². The Morgan fingerprint density at radius 2 is 1.73 bits per heavy atom. The highest BCUT2D eigenvalue weighted by atomic mass is 16.6. The first-order chi connectivity index (χ1) is 12.2. The highest BCUT2D eigenvalue weighted by Gasteiger charge is 2.59. The van der Waals surface area contributed by atoms with Crippen LogP contribution >= 0.6 is 0 Å². The number of nitrogens with zero attached hydrogens (tertiary/aromatic N) is 2. The van der Waals surface area contributed by atoms with Crippen LogP contribution in [0, 0.1) is 11.8 Å². The Hall–Kier alpha value is -2.37. The SMILES string of the molecule is C[C@H]1C2CC1N(C(=O)OC(C)(C)C)[C@@H]2CN1C(=O)c2ccccc2C1=O. The Bertz CT molecular complexity index is 762. The maximum atomic E-state index is 12.7. The van der Waals surface area contributed by atoms with Gasteiger partial charge in [0.15, 0.2) is 0 Å². The molecule has 3 amide bonds. The first kappa shape index (κ1) is 17.1. The van der Waals surface area contributed by atoms with Gasteiger partial charge in [-0.05, 0) is 51.2 Å². The molecule has 2 saturated heterocycles. The fraction of sp³-hybridized carbons (Fsp3) is 0.550. The van der Waals surface area contributed by atoms with Crippen LogP contribution in [0.1, 0.15) is 54.8 Å². The van der Waals surface area contributed by atoms with Crippen LogP contribution in [-0.4, -0.2) is 51.9 Å². The lowest BCUT2D eigenvalue weighted by Crippen LogP contribution is -2.47. The van der Waals surface area contributed by atoms with E-state index in [1.807, 2.05) is 20.8 Å². The van der Waals surface area contributed by atoms with Gasteiger partial charge in [-0.1, -0.05) is 19.1 Å². The van der Waals surface area contributed by atoms with Crippen molar-refractivity contribution in [2.75, 3.05) is 6.54 Å². The molecular formula is C20H24N2O4. The van der Waals surface area contributed by atoms with Gasteiger partial charge in [0, 0.05) is 6.04 Å². The van der Waals surface area contributed by atoms with Crippen molar-refractivity contribution >= 4 is 17.9 Å². The van der Waals surface area contributed by atoms with E-state index in [0.29, 0.717) is 23.0 Å². The van der Waals surface area contributed by atoms with Gasteiger partial charge in [-0.25, -0.2) is 4.79 Å². The van der Waals surface area contributed by atoms with Crippen molar-refractivity contribution in [1.29, 1.82) is 0 Å². The van der Waals surface area contributed by atoms with Gasteiger partial charge in [-0.2, -0.15) is 0 Å². The number of ether oxygens (including phenoxy) is 1. The van der Waals surface area contributed by atoms with Crippen LogP contribution in [0.15, 0.2) is 24.3 Å². The molecule has 1 saturated carbocycles. The molecule has 2 unspecified atom stereocenters. The molecule has 0 radical (unpaired) electrons. The van der Waals surface area contributed by atoms with Gasteiger partial charge in [0.05, 0.1) is 23.7 Å². The first-order valence-corrected chi connectivity index (χ1v) is 9.15. The maximum absolute atomic E-state index is 12.7. The second-order valence-corrected chi connectivity index (χ2v) is 8.55. The number of rotatable bonds is 2. The molecule has 138 valence electrons. The lowest BCUT2D eigenvalue weighted by Gasteiger charge is -2.34. The number of benzene rings is 1. The molecule has 3 heterocycles. The van der Waals surface area contributed by atoms with Gasteiger partial charge in [0.25, 0.3) is 11.8 Å². The van der Waals surface area contributed by atoms with E-state index < -0.39 is 5.60 Å². The lowest BCUT2D eigenvalue weighted by atomic mass is 9.73. The fourth-order valence-corrected chi connectivity index (χ4v) is 4.53. The van der Waals surface area contributed by atoms with Crippen molar-refractivity contribution in [1.82, 2.24) is 9.80 Å². The highest BCUT2D eigenvalue weighted by molar-refractivity contribution is 6.21. The zero-order valence-electron chi connectivity index (χ0n) is 15.6. The summed E-state index contributed by atoms with van der Waals surface area (Å²) in [5.74, 6) is 0.123. The van der Waals surface area contributed by atoms with Crippen molar-refractivity contribution < 1.29 is 19.1 Å². The van der Waals surface area contributed by atoms with Crippen molar-refractivity contribution in [3.63, 3.8) is 0 Å². The van der Waals surface area contributed by atoms with Crippen LogP contribution in [0.2, 0.25) is 0 Å². The Kier molecular flexibility index (Phi) is 3.65. The van der Waals surface area contributed by atoms with Crippen LogP contribution in [0.25, 0.3) is 0 Å². The highest BCUT2D eigenvalue weighted by Crippen LogP contribution is 2.51. The second kappa shape index (κ2) is 5.56. The quantitative estimate of drug-likeness (QED) is 0.764. The number of hydrogen-bond acceptors (Lipinski definition) is 4. The molecule has 5 rings (SSSR count). The lowest BCUT2D eigenvalue weighted by molar-refractivity contribution is 0.0140. The number of carbonyl (C=O) groups is 3. The number of carbonyl (C=O) groups excluding carboxylic acids is 3. The van der Waals surface area contributed by atoms with Crippen LogP contribution in [0.5, 0.6) is 0 Å². The molecule has 0 aromatic heterocycles. The number of hydrogen-bond donors (Lipinski definition) is 0. The summed E-state index contributed by atoms with van der Waals surface area (Å²) < 4.78 is 5.58.